The Morgan fingerprint density at radius 2 is 2.11 bits per heavy atom. The summed E-state index contributed by atoms with van der Waals surface area (Å²) in [6.45, 7) is 3.96. The maximum absolute atomic E-state index is 11.9. The summed E-state index contributed by atoms with van der Waals surface area (Å²) in [6.07, 6.45) is 0. The number of nitrogens with one attached hydrogen (secondary N) is 1. The second kappa shape index (κ2) is 5.55. The number of aromatic amines is 1. The van der Waals surface area contributed by atoms with Crippen LogP contribution in [0.15, 0.2) is 23.0 Å². The number of H-pyrrole nitrogens is 1. The van der Waals surface area contributed by atoms with Gasteiger partial charge in [0.25, 0.3) is 5.56 Å². The summed E-state index contributed by atoms with van der Waals surface area (Å²) in [5.41, 5.74) is 2.82. The van der Waals surface area contributed by atoms with Crippen molar-refractivity contribution in [3.63, 3.8) is 0 Å². The molecule has 0 spiro atoms. The van der Waals surface area contributed by atoms with Crippen molar-refractivity contribution < 1.29 is 4.74 Å². The SMILES string of the molecule is COCc1nc(-c2ccc(C)c(Cl)c2)[nH]c(=O)c1C. The van der Waals surface area contributed by atoms with E-state index in [1.807, 2.05) is 19.1 Å². The maximum Gasteiger partial charge on any atom is 0.254 e. The zero-order chi connectivity index (χ0) is 14.0. The Hall–Kier alpha value is -1.65. The molecule has 0 bridgehead atoms. The van der Waals surface area contributed by atoms with Gasteiger partial charge in [-0.15, -0.1) is 0 Å². The van der Waals surface area contributed by atoms with Gasteiger partial charge in [0.15, 0.2) is 0 Å². The number of halogens is 1. The Bertz CT molecular complexity index is 665. The van der Waals surface area contributed by atoms with Crippen LogP contribution >= 0.6 is 11.6 Å². The van der Waals surface area contributed by atoms with Crippen molar-refractivity contribution in [3.05, 3.63) is 50.4 Å². The van der Waals surface area contributed by atoms with Crippen molar-refractivity contribution in [1.29, 1.82) is 0 Å². The fourth-order valence-electron chi connectivity index (χ4n) is 1.73. The number of benzene rings is 1. The largest absolute Gasteiger partial charge is 0.378 e. The lowest BCUT2D eigenvalue weighted by Gasteiger charge is -2.08. The number of rotatable bonds is 3. The number of hydrogen-bond acceptors (Lipinski definition) is 3. The van der Waals surface area contributed by atoms with E-state index in [1.165, 1.54) is 0 Å². The summed E-state index contributed by atoms with van der Waals surface area (Å²) in [6, 6.07) is 5.57. The van der Waals surface area contributed by atoms with Crippen molar-refractivity contribution in [2.45, 2.75) is 20.5 Å². The van der Waals surface area contributed by atoms with Crippen LogP contribution < -0.4 is 5.56 Å². The molecule has 1 aromatic carbocycles. The Morgan fingerprint density at radius 3 is 2.74 bits per heavy atom. The van der Waals surface area contributed by atoms with Crippen molar-refractivity contribution in [2.24, 2.45) is 0 Å². The van der Waals surface area contributed by atoms with E-state index >= 15 is 0 Å². The van der Waals surface area contributed by atoms with Crippen LogP contribution in [-0.4, -0.2) is 17.1 Å². The summed E-state index contributed by atoms with van der Waals surface area (Å²) < 4.78 is 5.06. The molecule has 0 amide bonds. The molecule has 5 heteroatoms. The van der Waals surface area contributed by atoms with Crippen LogP contribution in [0.5, 0.6) is 0 Å². The summed E-state index contributed by atoms with van der Waals surface area (Å²) in [5.74, 6) is 0.504. The monoisotopic (exact) mass is 278 g/mol. The Labute approximate surface area is 116 Å². The predicted molar refractivity (Wildman–Crippen MR) is 75.5 cm³/mol. The van der Waals surface area contributed by atoms with E-state index in [-0.39, 0.29) is 5.56 Å². The second-order valence-corrected chi connectivity index (χ2v) is 4.79. The average Bonchev–Trinajstić information content (AvgIpc) is 2.38. The quantitative estimate of drug-likeness (QED) is 0.939. The molecule has 100 valence electrons. The van der Waals surface area contributed by atoms with E-state index < -0.39 is 0 Å². The maximum atomic E-state index is 11.9. The van der Waals surface area contributed by atoms with Gasteiger partial charge in [0, 0.05) is 23.3 Å². The lowest BCUT2D eigenvalue weighted by Crippen LogP contribution is -2.16. The number of ether oxygens (including phenoxy) is 1. The smallest absolute Gasteiger partial charge is 0.254 e. The molecule has 0 aliphatic heterocycles. The first-order valence-electron chi connectivity index (χ1n) is 5.88. The molecule has 0 saturated heterocycles. The zero-order valence-corrected chi connectivity index (χ0v) is 11.8. The van der Waals surface area contributed by atoms with E-state index in [2.05, 4.69) is 9.97 Å². The molecule has 1 N–H and O–H groups in total. The van der Waals surface area contributed by atoms with Crippen LogP contribution in [0.25, 0.3) is 11.4 Å². The first-order valence-corrected chi connectivity index (χ1v) is 6.26. The molecule has 2 rings (SSSR count). The average molecular weight is 279 g/mol. The van der Waals surface area contributed by atoms with Crippen LogP contribution in [-0.2, 0) is 11.3 Å². The molecule has 1 aromatic heterocycles. The first kappa shape index (κ1) is 13.8. The highest BCUT2D eigenvalue weighted by atomic mass is 35.5. The zero-order valence-electron chi connectivity index (χ0n) is 11.1. The number of methoxy groups -OCH3 is 1. The van der Waals surface area contributed by atoms with Gasteiger partial charge in [0.1, 0.15) is 5.82 Å². The summed E-state index contributed by atoms with van der Waals surface area (Å²) in [7, 11) is 1.57. The summed E-state index contributed by atoms with van der Waals surface area (Å²) in [5, 5.41) is 0.647. The molecule has 0 fully saturated rings. The number of hydrogen-bond donors (Lipinski definition) is 1. The van der Waals surface area contributed by atoms with Crippen molar-refractivity contribution in [1.82, 2.24) is 9.97 Å². The molecule has 0 aliphatic rings. The first-order chi connectivity index (χ1) is 9.02. The van der Waals surface area contributed by atoms with Gasteiger partial charge in [0.2, 0.25) is 0 Å². The molecule has 1 heterocycles. The second-order valence-electron chi connectivity index (χ2n) is 4.38. The Kier molecular flexibility index (Phi) is 4.02. The minimum absolute atomic E-state index is 0.159. The molecular formula is C14H15ClN2O2. The highest BCUT2D eigenvalue weighted by Gasteiger charge is 2.09. The minimum atomic E-state index is -0.159. The number of nitrogens with zero attached hydrogens (tertiary/aromatic N) is 1. The minimum Gasteiger partial charge on any atom is -0.378 e. The van der Waals surface area contributed by atoms with E-state index in [9.17, 15) is 4.79 Å². The van der Waals surface area contributed by atoms with Gasteiger partial charge in [-0.2, -0.15) is 0 Å². The van der Waals surface area contributed by atoms with Crippen LogP contribution in [0.2, 0.25) is 5.02 Å². The van der Waals surface area contributed by atoms with Crippen LogP contribution in [0.1, 0.15) is 16.8 Å². The molecule has 4 nitrogen and oxygen atoms in total. The molecule has 0 radical (unpaired) electrons. The Balaban J connectivity index is 2.56. The highest BCUT2D eigenvalue weighted by Crippen LogP contribution is 2.22. The van der Waals surface area contributed by atoms with Crippen LogP contribution in [0, 0.1) is 13.8 Å². The molecule has 0 atom stereocenters. The third kappa shape index (κ3) is 2.85. The molecular weight excluding hydrogens is 264 g/mol. The summed E-state index contributed by atoms with van der Waals surface area (Å²) in [4.78, 5) is 19.1. The highest BCUT2D eigenvalue weighted by molar-refractivity contribution is 6.31. The molecule has 2 aromatic rings. The topological polar surface area (TPSA) is 55.0 Å². The molecule has 0 aliphatic carbocycles. The molecule has 0 unspecified atom stereocenters. The van der Waals surface area contributed by atoms with Crippen molar-refractivity contribution in [2.75, 3.05) is 7.11 Å². The molecule has 19 heavy (non-hydrogen) atoms. The molecule has 0 saturated carbocycles. The third-order valence-corrected chi connectivity index (χ3v) is 3.39. The van der Waals surface area contributed by atoms with Crippen molar-refractivity contribution >= 4 is 11.6 Å². The number of aryl methyl sites for hydroxylation is 1. The van der Waals surface area contributed by atoms with E-state index in [0.717, 1.165) is 11.1 Å². The van der Waals surface area contributed by atoms with Gasteiger partial charge in [-0.3, -0.25) is 4.79 Å². The van der Waals surface area contributed by atoms with E-state index in [4.69, 9.17) is 16.3 Å². The van der Waals surface area contributed by atoms with E-state index in [0.29, 0.717) is 28.7 Å². The van der Waals surface area contributed by atoms with E-state index in [1.54, 1.807) is 20.1 Å². The van der Waals surface area contributed by atoms with Gasteiger partial charge < -0.3 is 9.72 Å². The fourth-order valence-corrected chi connectivity index (χ4v) is 1.91. The van der Waals surface area contributed by atoms with Gasteiger partial charge in [-0.05, 0) is 25.5 Å². The van der Waals surface area contributed by atoms with Gasteiger partial charge >= 0.3 is 0 Å². The normalized spacial score (nSPS) is 10.7. The van der Waals surface area contributed by atoms with Crippen LogP contribution in [0.4, 0.5) is 0 Å². The lowest BCUT2D eigenvalue weighted by molar-refractivity contribution is 0.181. The summed E-state index contributed by atoms with van der Waals surface area (Å²) >= 11 is 6.09. The fraction of sp³-hybridized carbons (Fsp3) is 0.286. The lowest BCUT2D eigenvalue weighted by atomic mass is 10.1. The van der Waals surface area contributed by atoms with Gasteiger partial charge in [-0.1, -0.05) is 23.7 Å². The Morgan fingerprint density at radius 1 is 1.37 bits per heavy atom. The number of aromatic nitrogens is 2. The van der Waals surface area contributed by atoms with Gasteiger partial charge in [0.05, 0.1) is 12.3 Å². The van der Waals surface area contributed by atoms with Crippen LogP contribution in [0.3, 0.4) is 0 Å². The van der Waals surface area contributed by atoms with Gasteiger partial charge in [-0.25, -0.2) is 4.98 Å². The standard InChI is InChI=1S/C14H15ClN2O2/c1-8-4-5-10(6-11(8)15)13-16-12(7-19-3)9(2)14(18)17-13/h4-6H,7H2,1-3H3,(H,16,17,18). The van der Waals surface area contributed by atoms with Crippen molar-refractivity contribution in [3.8, 4) is 11.4 Å². The third-order valence-electron chi connectivity index (χ3n) is 2.98. The predicted octanol–water partition coefficient (Wildman–Crippen LogP) is 2.85.